The first-order valence-electron chi connectivity index (χ1n) is 11.4. The number of anilines is 1. The molecule has 3 aromatic rings. The van der Waals surface area contributed by atoms with Crippen LogP contribution in [0.2, 0.25) is 5.02 Å². The summed E-state index contributed by atoms with van der Waals surface area (Å²) in [5.41, 5.74) is 1.10. The number of hydrogen-bond acceptors (Lipinski definition) is 6. The predicted molar refractivity (Wildman–Crippen MR) is 129 cm³/mol. The lowest BCUT2D eigenvalue weighted by atomic mass is 10.2. The van der Waals surface area contributed by atoms with Gasteiger partial charge in [0.15, 0.2) is 0 Å². The van der Waals surface area contributed by atoms with Crippen LogP contribution < -0.4 is 10.5 Å². The Bertz CT molecular complexity index is 1330. The number of aromatic nitrogens is 2. The molecule has 34 heavy (non-hydrogen) atoms. The third kappa shape index (κ3) is 4.35. The van der Waals surface area contributed by atoms with E-state index >= 15 is 0 Å². The van der Waals surface area contributed by atoms with Crippen LogP contribution in [0.1, 0.15) is 31.1 Å². The molecular formula is C24H24ClN5O4. The minimum Gasteiger partial charge on any atom is -0.362 e. The number of fused-ring (bicyclic) bond motifs is 1. The van der Waals surface area contributed by atoms with Gasteiger partial charge in [0.05, 0.1) is 15.8 Å². The van der Waals surface area contributed by atoms with E-state index in [1.807, 2.05) is 23.1 Å². The third-order valence-corrected chi connectivity index (χ3v) is 6.70. The number of halogens is 1. The lowest BCUT2D eigenvalue weighted by Gasteiger charge is -2.36. The summed E-state index contributed by atoms with van der Waals surface area (Å²) < 4.78 is 1.77. The van der Waals surface area contributed by atoms with Crippen molar-refractivity contribution in [2.24, 2.45) is 0 Å². The molecule has 0 spiro atoms. The molecule has 9 nitrogen and oxygen atoms in total. The second-order valence-corrected chi connectivity index (χ2v) is 9.15. The van der Waals surface area contributed by atoms with Crippen molar-refractivity contribution in [1.29, 1.82) is 0 Å². The maximum absolute atomic E-state index is 13.0. The van der Waals surface area contributed by atoms with Gasteiger partial charge in [-0.15, -0.1) is 0 Å². The Hall–Kier alpha value is -3.46. The van der Waals surface area contributed by atoms with Crippen molar-refractivity contribution in [3.05, 3.63) is 73.8 Å². The van der Waals surface area contributed by atoms with Crippen molar-refractivity contribution in [1.82, 2.24) is 14.5 Å². The molecule has 0 N–H and O–H groups in total. The van der Waals surface area contributed by atoms with Gasteiger partial charge in [-0.1, -0.05) is 23.7 Å². The van der Waals surface area contributed by atoms with Crippen LogP contribution in [-0.2, 0) is 11.2 Å². The summed E-state index contributed by atoms with van der Waals surface area (Å²) in [5, 5.41) is 12.3. The standard InChI is InChI=1S/C24H24ClN5O4/c25-16-5-8-20(21(15-16)30(33)34)27-11-13-28(14-12-27)23(31)10-9-22-26-19-4-2-1-3-18(19)24(32)29(22)17-6-7-17/h1-5,8,15,17H,6-7,9-14H2. The molecule has 1 aromatic heterocycles. The van der Waals surface area contributed by atoms with Gasteiger partial charge in [-0.3, -0.25) is 24.3 Å². The fourth-order valence-corrected chi connectivity index (χ4v) is 4.73. The Labute approximate surface area is 200 Å². The summed E-state index contributed by atoms with van der Waals surface area (Å²) in [6, 6.07) is 12.1. The zero-order valence-electron chi connectivity index (χ0n) is 18.5. The Kier molecular flexibility index (Phi) is 5.95. The Morgan fingerprint density at radius 2 is 1.85 bits per heavy atom. The van der Waals surface area contributed by atoms with Gasteiger partial charge in [-0.2, -0.15) is 0 Å². The van der Waals surface area contributed by atoms with Crippen LogP contribution in [0, 0.1) is 10.1 Å². The van der Waals surface area contributed by atoms with Gasteiger partial charge in [0.25, 0.3) is 11.2 Å². The highest BCUT2D eigenvalue weighted by Gasteiger charge is 2.29. The lowest BCUT2D eigenvalue weighted by Crippen LogP contribution is -2.49. The molecule has 1 aliphatic heterocycles. The molecule has 1 saturated carbocycles. The number of hydrogen-bond donors (Lipinski definition) is 0. The quantitative estimate of drug-likeness (QED) is 0.394. The zero-order chi connectivity index (χ0) is 23.8. The van der Waals surface area contributed by atoms with E-state index < -0.39 is 4.92 Å². The topological polar surface area (TPSA) is 102 Å². The molecule has 0 atom stereocenters. The number of benzene rings is 2. The van der Waals surface area contributed by atoms with Gasteiger partial charge in [-0.05, 0) is 37.1 Å². The summed E-state index contributed by atoms with van der Waals surface area (Å²) in [5.74, 6) is 0.657. The van der Waals surface area contributed by atoms with Crippen molar-refractivity contribution in [2.75, 3.05) is 31.1 Å². The summed E-state index contributed by atoms with van der Waals surface area (Å²) in [4.78, 5) is 45.3. The van der Waals surface area contributed by atoms with Crippen molar-refractivity contribution >= 4 is 39.8 Å². The van der Waals surface area contributed by atoms with Crippen LogP contribution in [-0.4, -0.2) is 51.5 Å². The Morgan fingerprint density at radius 3 is 2.56 bits per heavy atom. The lowest BCUT2D eigenvalue weighted by molar-refractivity contribution is -0.384. The second kappa shape index (κ2) is 9.06. The molecule has 2 aromatic carbocycles. The van der Waals surface area contributed by atoms with E-state index in [9.17, 15) is 19.7 Å². The molecule has 5 rings (SSSR count). The van der Waals surface area contributed by atoms with Crippen molar-refractivity contribution in [3.8, 4) is 0 Å². The smallest absolute Gasteiger partial charge is 0.294 e. The summed E-state index contributed by atoms with van der Waals surface area (Å²) in [7, 11) is 0. The van der Waals surface area contributed by atoms with Gasteiger partial charge >= 0.3 is 0 Å². The average molecular weight is 482 g/mol. The number of amides is 1. The summed E-state index contributed by atoms with van der Waals surface area (Å²) in [6.45, 7) is 1.93. The fourth-order valence-electron chi connectivity index (χ4n) is 4.56. The molecule has 1 amide bonds. The summed E-state index contributed by atoms with van der Waals surface area (Å²) in [6.07, 6.45) is 2.58. The first-order chi connectivity index (χ1) is 16.4. The van der Waals surface area contributed by atoms with E-state index in [4.69, 9.17) is 16.6 Å². The number of nitro benzene ring substituents is 1. The second-order valence-electron chi connectivity index (χ2n) is 8.71. The van der Waals surface area contributed by atoms with E-state index in [1.165, 1.54) is 6.07 Å². The monoisotopic (exact) mass is 481 g/mol. The van der Waals surface area contributed by atoms with Crippen LogP contribution in [0.5, 0.6) is 0 Å². The van der Waals surface area contributed by atoms with E-state index in [0.29, 0.717) is 60.0 Å². The molecule has 2 heterocycles. The van der Waals surface area contributed by atoms with E-state index in [0.717, 1.165) is 12.8 Å². The van der Waals surface area contributed by atoms with Gasteiger partial charge in [-0.25, -0.2) is 4.98 Å². The van der Waals surface area contributed by atoms with E-state index in [1.54, 1.807) is 27.7 Å². The van der Waals surface area contributed by atoms with Gasteiger partial charge in [0, 0.05) is 56.2 Å². The average Bonchev–Trinajstić information content (AvgIpc) is 3.68. The molecule has 1 saturated heterocycles. The van der Waals surface area contributed by atoms with Crippen LogP contribution in [0.15, 0.2) is 47.3 Å². The molecule has 10 heteroatoms. The van der Waals surface area contributed by atoms with Gasteiger partial charge in [0.2, 0.25) is 5.91 Å². The molecule has 1 aliphatic carbocycles. The minimum absolute atomic E-state index is 0.00462. The van der Waals surface area contributed by atoms with Gasteiger partial charge in [0.1, 0.15) is 11.5 Å². The molecule has 2 fully saturated rings. The fraction of sp³-hybridized carbons (Fsp3) is 0.375. The number of carbonyl (C=O) groups excluding carboxylic acids is 1. The normalized spacial score (nSPS) is 16.1. The first-order valence-corrected chi connectivity index (χ1v) is 11.8. The predicted octanol–water partition coefficient (Wildman–Crippen LogP) is 3.57. The molecule has 0 unspecified atom stereocenters. The van der Waals surface area contributed by atoms with Crippen LogP contribution in [0.25, 0.3) is 10.9 Å². The summed E-state index contributed by atoms with van der Waals surface area (Å²) >= 11 is 5.92. The van der Waals surface area contributed by atoms with Crippen molar-refractivity contribution < 1.29 is 9.72 Å². The molecular weight excluding hydrogens is 458 g/mol. The van der Waals surface area contributed by atoms with Crippen LogP contribution in [0.3, 0.4) is 0 Å². The Balaban J connectivity index is 1.26. The molecule has 0 radical (unpaired) electrons. The molecule has 176 valence electrons. The number of aryl methyl sites for hydroxylation is 1. The number of nitro groups is 1. The number of piperazine rings is 1. The SMILES string of the molecule is O=C(CCc1nc2ccccc2c(=O)n1C1CC1)N1CCN(c2ccc(Cl)cc2[N+](=O)[O-])CC1. The van der Waals surface area contributed by atoms with Crippen molar-refractivity contribution in [2.45, 2.75) is 31.7 Å². The largest absolute Gasteiger partial charge is 0.362 e. The number of rotatable bonds is 6. The van der Waals surface area contributed by atoms with Gasteiger partial charge < -0.3 is 9.80 Å². The van der Waals surface area contributed by atoms with Crippen LogP contribution in [0.4, 0.5) is 11.4 Å². The maximum atomic E-state index is 13.0. The highest BCUT2D eigenvalue weighted by molar-refractivity contribution is 6.30. The molecule has 0 bridgehead atoms. The first kappa shape index (κ1) is 22.3. The third-order valence-electron chi connectivity index (χ3n) is 6.46. The molecule has 2 aliphatic rings. The Morgan fingerprint density at radius 1 is 1.12 bits per heavy atom. The number of carbonyl (C=O) groups is 1. The highest BCUT2D eigenvalue weighted by atomic mass is 35.5. The van der Waals surface area contributed by atoms with Crippen molar-refractivity contribution in [3.63, 3.8) is 0 Å². The number of nitrogens with zero attached hydrogens (tertiary/aromatic N) is 5. The zero-order valence-corrected chi connectivity index (χ0v) is 19.3. The minimum atomic E-state index is -0.436. The highest BCUT2D eigenvalue weighted by Crippen LogP contribution is 2.35. The van der Waals surface area contributed by atoms with E-state index in [-0.39, 0.29) is 29.6 Å². The van der Waals surface area contributed by atoms with E-state index in [2.05, 4.69) is 0 Å². The van der Waals surface area contributed by atoms with Crippen LogP contribution >= 0.6 is 11.6 Å². The number of para-hydroxylation sites is 1. The maximum Gasteiger partial charge on any atom is 0.294 e.